The van der Waals surface area contributed by atoms with Crippen LogP contribution in [0, 0.1) is 30.9 Å². The molecule has 2 aromatic heterocycles. The van der Waals surface area contributed by atoms with Crippen LogP contribution in [0.15, 0.2) is 24.3 Å². The van der Waals surface area contributed by atoms with E-state index in [1.807, 2.05) is 4.90 Å². The van der Waals surface area contributed by atoms with Gasteiger partial charge in [-0.25, -0.2) is 22.5 Å². The van der Waals surface area contributed by atoms with Crippen LogP contribution in [0.2, 0.25) is 5.02 Å². The Morgan fingerprint density at radius 2 is 2.03 bits per heavy atom. The van der Waals surface area contributed by atoms with Crippen molar-refractivity contribution < 1.29 is 27.5 Å². The molecule has 0 saturated carbocycles. The summed E-state index contributed by atoms with van der Waals surface area (Å²) in [5, 5.41) is 19.9. The number of hydrogen-bond donors (Lipinski definition) is 3. The molecule has 1 aliphatic rings. The monoisotopic (exact) mass is 567 g/mol. The Hall–Kier alpha value is -3.18. The molecule has 0 bridgehead atoms. The number of anilines is 2. The molecule has 3 heterocycles. The fourth-order valence-corrected chi connectivity index (χ4v) is 5.50. The van der Waals surface area contributed by atoms with E-state index in [-0.39, 0.29) is 54.1 Å². The minimum atomic E-state index is -3.54. The number of nitrogens with zero attached hydrogens (tertiary/aromatic N) is 3. The van der Waals surface area contributed by atoms with Gasteiger partial charge in [-0.3, -0.25) is 14.8 Å². The smallest absolute Gasteiger partial charge is 0.310 e. The maximum atomic E-state index is 15.6. The van der Waals surface area contributed by atoms with Crippen LogP contribution >= 0.6 is 11.6 Å². The number of halogens is 5. The number of H-pyrrole nitrogens is 1. The van der Waals surface area contributed by atoms with Crippen LogP contribution < -0.4 is 5.32 Å². The molecule has 7 nitrogen and oxygen atoms in total. The van der Waals surface area contributed by atoms with Crippen molar-refractivity contribution in [3.63, 3.8) is 0 Å². The van der Waals surface area contributed by atoms with Crippen molar-refractivity contribution in [2.75, 3.05) is 11.9 Å². The molecule has 0 spiro atoms. The number of rotatable bonds is 8. The minimum Gasteiger partial charge on any atom is -0.481 e. The molecule has 12 heteroatoms. The number of nitrogens with one attached hydrogen (secondary N) is 2. The largest absolute Gasteiger partial charge is 0.481 e. The molecule has 1 saturated heterocycles. The Labute approximate surface area is 228 Å². The zero-order valence-electron chi connectivity index (χ0n) is 22.0. The van der Waals surface area contributed by atoms with E-state index >= 15 is 4.39 Å². The van der Waals surface area contributed by atoms with Gasteiger partial charge in [0.25, 0.3) is 5.92 Å². The summed E-state index contributed by atoms with van der Waals surface area (Å²) in [6.07, 6.45) is -0.225. The second-order valence-corrected chi connectivity index (χ2v) is 10.8. The molecule has 0 radical (unpaired) electrons. The average Bonchev–Trinajstić information content (AvgIpc) is 3.25. The molecule has 0 amide bonds. The molecule has 0 aliphatic carbocycles. The van der Waals surface area contributed by atoms with Crippen LogP contribution in [-0.2, 0) is 23.7 Å². The van der Waals surface area contributed by atoms with E-state index in [1.165, 1.54) is 13.0 Å². The van der Waals surface area contributed by atoms with Crippen LogP contribution in [0.25, 0.3) is 0 Å². The lowest BCUT2D eigenvalue weighted by molar-refractivity contribution is -0.153. The van der Waals surface area contributed by atoms with Gasteiger partial charge in [0.2, 0.25) is 0 Å². The van der Waals surface area contributed by atoms with Crippen LogP contribution in [0.3, 0.4) is 0 Å². The highest BCUT2D eigenvalue weighted by Crippen LogP contribution is 2.42. The number of carboxylic acids is 1. The number of aromatic nitrogens is 3. The van der Waals surface area contributed by atoms with Gasteiger partial charge in [0.05, 0.1) is 21.7 Å². The summed E-state index contributed by atoms with van der Waals surface area (Å²) in [6.45, 7) is 5.96. The van der Waals surface area contributed by atoms with E-state index in [4.69, 9.17) is 11.6 Å². The van der Waals surface area contributed by atoms with Crippen molar-refractivity contribution in [1.29, 1.82) is 0 Å². The highest BCUT2D eigenvalue weighted by atomic mass is 35.5. The molecule has 1 fully saturated rings. The fourth-order valence-electron chi connectivity index (χ4n) is 5.31. The van der Waals surface area contributed by atoms with Gasteiger partial charge >= 0.3 is 5.97 Å². The number of aryl methyl sites for hydroxylation is 1. The standard InChI is InChI=1S/C27H30ClF4N5O2/c1-14-10-20(36-35-14)34-24-16(3)21(26(4,31)32)23(30)19(33-24)12-27(25(38)39)8-9-37(15(2)11-27)13-17-6-5-7-18(28)22(17)29/h5-7,10,15H,8-9,11-13H2,1-4H3,(H,38,39)(H2,33,34,35,36)/t15-,27-/m1/s1. The summed E-state index contributed by atoms with van der Waals surface area (Å²) in [4.78, 5) is 18.8. The Balaban J connectivity index is 1.67. The van der Waals surface area contributed by atoms with Gasteiger partial charge in [0, 0.05) is 48.8 Å². The van der Waals surface area contributed by atoms with Gasteiger partial charge in [-0.15, -0.1) is 0 Å². The first-order valence-corrected chi connectivity index (χ1v) is 12.9. The Morgan fingerprint density at radius 3 is 2.62 bits per heavy atom. The van der Waals surface area contributed by atoms with Crippen molar-refractivity contribution in [3.8, 4) is 0 Å². The van der Waals surface area contributed by atoms with E-state index in [0.29, 0.717) is 24.0 Å². The number of aliphatic carboxylic acids is 1. The Kier molecular flexibility index (Phi) is 7.96. The quantitative estimate of drug-likeness (QED) is 0.269. The van der Waals surface area contributed by atoms with Gasteiger partial charge < -0.3 is 10.4 Å². The first-order chi connectivity index (χ1) is 18.2. The minimum absolute atomic E-state index is 0.00379. The van der Waals surface area contributed by atoms with Gasteiger partial charge in [-0.05, 0) is 46.2 Å². The second-order valence-electron chi connectivity index (χ2n) is 10.4. The number of carbonyl (C=O) groups is 1. The van der Waals surface area contributed by atoms with Crippen LogP contribution in [0.1, 0.15) is 54.8 Å². The predicted octanol–water partition coefficient (Wildman–Crippen LogP) is 6.51. The second kappa shape index (κ2) is 10.8. The summed E-state index contributed by atoms with van der Waals surface area (Å²) >= 11 is 5.90. The van der Waals surface area contributed by atoms with Gasteiger partial charge in [0.1, 0.15) is 11.6 Å². The van der Waals surface area contributed by atoms with Crippen molar-refractivity contribution in [2.24, 2.45) is 5.41 Å². The van der Waals surface area contributed by atoms with Gasteiger partial charge in [-0.1, -0.05) is 23.7 Å². The van der Waals surface area contributed by atoms with E-state index in [1.54, 1.807) is 32.0 Å². The number of carboxylic acid groups (broad SMARTS) is 1. The van der Waals surface area contributed by atoms with Crippen LogP contribution in [-0.4, -0.2) is 43.7 Å². The highest BCUT2D eigenvalue weighted by Gasteiger charge is 2.46. The lowest BCUT2D eigenvalue weighted by Crippen LogP contribution is -2.50. The fraction of sp³-hybridized carbons (Fsp3) is 0.444. The Bertz CT molecular complexity index is 1390. The van der Waals surface area contributed by atoms with Crippen LogP contribution in [0.5, 0.6) is 0 Å². The normalized spacial score (nSPS) is 20.3. The van der Waals surface area contributed by atoms with Crippen molar-refractivity contribution in [2.45, 2.75) is 65.5 Å². The number of likely N-dealkylation sites (tertiary alicyclic amines) is 1. The molecule has 0 unspecified atom stereocenters. The maximum absolute atomic E-state index is 15.6. The third-order valence-corrected chi connectivity index (χ3v) is 7.68. The SMILES string of the molecule is Cc1cc(Nc2nc(C[C@@]3(C(=O)O)CCN(Cc4cccc(Cl)c4F)[C@H](C)C3)c(F)c(C(C)(F)F)c2C)n[nH]1. The third kappa shape index (κ3) is 5.89. The van der Waals surface area contributed by atoms with Crippen molar-refractivity contribution in [1.82, 2.24) is 20.1 Å². The van der Waals surface area contributed by atoms with E-state index in [9.17, 15) is 23.1 Å². The highest BCUT2D eigenvalue weighted by molar-refractivity contribution is 6.30. The molecule has 1 aliphatic heterocycles. The summed E-state index contributed by atoms with van der Waals surface area (Å²) in [5.74, 6) is -6.20. The molecule has 4 rings (SSSR count). The predicted molar refractivity (Wildman–Crippen MR) is 139 cm³/mol. The first kappa shape index (κ1) is 28.8. The number of alkyl halides is 2. The molecular formula is C27H30ClF4N5O2. The third-order valence-electron chi connectivity index (χ3n) is 7.39. The Morgan fingerprint density at radius 1 is 1.31 bits per heavy atom. The van der Waals surface area contributed by atoms with E-state index < -0.39 is 40.9 Å². The number of aromatic amines is 1. The zero-order valence-corrected chi connectivity index (χ0v) is 22.8. The zero-order chi connectivity index (χ0) is 28.7. The molecule has 39 heavy (non-hydrogen) atoms. The molecule has 3 aromatic rings. The van der Waals surface area contributed by atoms with Crippen molar-refractivity contribution >= 4 is 29.2 Å². The number of benzene rings is 1. The number of hydrogen-bond acceptors (Lipinski definition) is 5. The molecule has 2 atom stereocenters. The van der Waals surface area contributed by atoms with Gasteiger partial charge in [-0.2, -0.15) is 5.10 Å². The lowest BCUT2D eigenvalue weighted by atomic mass is 9.72. The van der Waals surface area contributed by atoms with Crippen molar-refractivity contribution in [3.05, 3.63) is 69.0 Å². The van der Waals surface area contributed by atoms with Crippen LogP contribution in [0.4, 0.5) is 29.2 Å². The van der Waals surface area contributed by atoms with Gasteiger partial charge in [0.15, 0.2) is 11.6 Å². The number of pyridine rings is 1. The summed E-state index contributed by atoms with van der Waals surface area (Å²) < 4.78 is 59.3. The maximum Gasteiger partial charge on any atom is 0.310 e. The number of piperidine rings is 1. The van der Waals surface area contributed by atoms with E-state index in [0.717, 1.165) is 0 Å². The topological polar surface area (TPSA) is 94.1 Å². The molecular weight excluding hydrogens is 538 g/mol. The lowest BCUT2D eigenvalue weighted by Gasteiger charge is -2.43. The van der Waals surface area contributed by atoms with E-state index in [2.05, 4.69) is 20.5 Å². The molecule has 3 N–H and O–H groups in total. The summed E-state index contributed by atoms with van der Waals surface area (Å²) in [6, 6.07) is 5.99. The summed E-state index contributed by atoms with van der Waals surface area (Å²) in [7, 11) is 0. The molecule has 1 aromatic carbocycles. The average molecular weight is 568 g/mol. The molecule has 210 valence electrons. The summed E-state index contributed by atoms with van der Waals surface area (Å²) in [5.41, 5.74) is -1.68. The first-order valence-electron chi connectivity index (χ1n) is 12.5.